The van der Waals surface area contributed by atoms with Crippen molar-refractivity contribution in [2.75, 3.05) is 0 Å². The molecule has 0 amide bonds. The molecule has 0 aliphatic carbocycles. The smallest absolute Gasteiger partial charge is 0.150 e. The van der Waals surface area contributed by atoms with Crippen LogP contribution in [0.25, 0.3) is 10.6 Å². The highest BCUT2D eigenvalue weighted by molar-refractivity contribution is 7.13. The van der Waals surface area contributed by atoms with E-state index in [4.69, 9.17) is 4.52 Å². The van der Waals surface area contributed by atoms with Gasteiger partial charge in [-0.1, -0.05) is 5.16 Å². The topological polar surface area (TPSA) is 51.0 Å². The van der Waals surface area contributed by atoms with E-state index in [2.05, 4.69) is 15.5 Å². The van der Waals surface area contributed by atoms with E-state index in [-0.39, 0.29) is 5.82 Å². The Morgan fingerprint density at radius 2 is 2.05 bits per heavy atom. The van der Waals surface area contributed by atoms with Crippen molar-refractivity contribution in [3.63, 3.8) is 0 Å². The summed E-state index contributed by atoms with van der Waals surface area (Å²) >= 11 is 1.55. The van der Waals surface area contributed by atoms with Gasteiger partial charge in [-0.2, -0.15) is 0 Å². The summed E-state index contributed by atoms with van der Waals surface area (Å²) in [5.74, 6) is 0.570. The number of aromatic nitrogens is 2. The van der Waals surface area contributed by atoms with Gasteiger partial charge in [0.25, 0.3) is 0 Å². The fourth-order valence-corrected chi connectivity index (χ4v) is 2.75. The maximum atomic E-state index is 12.9. The molecule has 0 aliphatic heterocycles. The monoisotopic (exact) mass is 303 g/mol. The second kappa shape index (κ2) is 6.15. The van der Waals surface area contributed by atoms with E-state index in [0.29, 0.717) is 13.1 Å². The molecule has 0 spiro atoms. The summed E-state index contributed by atoms with van der Waals surface area (Å²) in [6.07, 6.45) is 0. The Labute approximate surface area is 125 Å². The average molecular weight is 303 g/mol. The van der Waals surface area contributed by atoms with Crippen molar-refractivity contribution in [1.29, 1.82) is 0 Å². The highest BCUT2D eigenvalue weighted by atomic mass is 32.1. The number of hydrogen-bond acceptors (Lipinski definition) is 5. The summed E-state index contributed by atoms with van der Waals surface area (Å²) in [6, 6.07) is 8.27. The third-order valence-corrected chi connectivity index (χ3v) is 3.87. The molecule has 6 heteroatoms. The summed E-state index contributed by atoms with van der Waals surface area (Å²) < 4.78 is 18.0. The van der Waals surface area contributed by atoms with Crippen molar-refractivity contribution in [2.24, 2.45) is 0 Å². The van der Waals surface area contributed by atoms with Crippen LogP contribution < -0.4 is 5.32 Å². The summed E-state index contributed by atoms with van der Waals surface area (Å²) in [4.78, 5) is 4.53. The lowest BCUT2D eigenvalue weighted by atomic mass is 10.2. The first-order valence-electron chi connectivity index (χ1n) is 6.54. The number of nitrogens with one attached hydrogen (secondary N) is 1. The second-order valence-corrected chi connectivity index (χ2v) is 5.55. The summed E-state index contributed by atoms with van der Waals surface area (Å²) in [7, 11) is 0. The van der Waals surface area contributed by atoms with Gasteiger partial charge in [0.15, 0.2) is 5.76 Å². The molecule has 2 aromatic heterocycles. The van der Waals surface area contributed by atoms with E-state index in [1.54, 1.807) is 23.5 Å². The molecule has 0 saturated carbocycles. The van der Waals surface area contributed by atoms with Gasteiger partial charge in [0, 0.05) is 23.6 Å². The van der Waals surface area contributed by atoms with Gasteiger partial charge in [-0.3, -0.25) is 0 Å². The molecule has 108 valence electrons. The Hall–Kier alpha value is -2.05. The van der Waals surface area contributed by atoms with E-state index in [1.807, 2.05) is 18.4 Å². The van der Waals surface area contributed by atoms with E-state index in [0.717, 1.165) is 27.7 Å². The predicted octanol–water partition coefficient (Wildman–Crippen LogP) is 3.54. The zero-order valence-electron chi connectivity index (χ0n) is 11.5. The molecule has 1 N–H and O–H groups in total. The first-order chi connectivity index (χ1) is 10.2. The van der Waals surface area contributed by atoms with Gasteiger partial charge in [-0.25, -0.2) is 9.37 Å². The summed E-state index contributed by atoms with van der Waals surface area (Å²) in [5.41, 5.74) is 2.76. The lowest BCUT2D eigenvalue weighted by Gasteiger charge is -1.99. The minimum atomic E-state index is -0.237. The van der Waals surface area contributed by atoms with Crippen LogP contribution in [0.5, 0.6) is 0 Å². The number of halogens is 1. The SMILES string of the molecule is Cc1cc(CNCc2csc(-c3ccc(F)cc3)n2)on1. The van der Waals surface area contributed by atoms with Crippen LogP contribution in [0.1, 0.15) is 17.1 Å². The van der Waals surface area contributed by atoms with Gasteiger partial charge in [-0.15, -0.1) is 11.3 Å². The molecule has 0 radical (unpaired) electrons. The van der Waals surface area contributed by atoms with Crippen LogP contribution in [-0.2, 0) is 13.1 Å². The third-order valence-electron chi connectivity index (χ3n) is 2.93. The van der Waals surface area contributed by atoms with Crippen LogP contribution in [0.3, 0.4) is 0 Å². The van der Waals surface area contributed by atoms with Crippen molar-refractivity contribution in [1.82, 2.24) is 15.5 Å². The van der Waals surface area contributed by atoms with Crippen LogP contribution >= 0.6 is 11.3 Å². The number of thiazole rings is 1. The number of benzene rings is 1. The average Bonchev–Trinajstić information content (AvgIpc) is 3.09. The standard InChI is InChI=1S/C15H14FN3OS/c1-10-6-14(20-19-10)8-17-7-13-9-21-15(18-13)11-2-4-12(16)5-3-11/h2-6,9,17H,7-8H2,1H3. The fourth-order valence-electron chi connectivity index (χ4n) is 1.93. The van der Waals surface area contributed by atoms with Gasteiger partial charge in [-0.05, 0) is 31.2 Å². The summed E-state index contributed by atoms with van der Waals surface area (Å²) in [5, 5.41) is 9.98. The minimum absolute atomic E-state index is 0.237. The molecule has 0 saturated heterocycles. The zero-order valence-corrected chi connectivity index (χ0v) is 12.3. The molecule has 2 heterocycles. The molecular formula is C15H14FN3OS. The van der Waals surface area contributed by atoms with Crippen LogP contribution in [0, 0.1) is 12.7 Å². The predicted molar refractivity (Wildman–Crippen MR) is 79.3 cm³/mol. The lowest BCUT2D eigenvalue weighted by Crippen LogP contribution is -2.12. The van der Waals surface area contributed by atoms with Crippen LogP contribution in [0.4, 0.5) is 4.39 Å². The van der Waals surface area contributed by atoms with Crippen LogP contribution in [0.15, 0.2) is 40.2 Å². The summed E-state index contributed by atoms with van der Waals surface area (Å²) in [6.45, 7) is 3.16. The molecule has 3 rings (SSSR count). The Kier molecular flexibility index (Phi) is 4.08. The van der Waals surface area contributed by atoms with Crippen molar-refractivity contribution in [3.05, 3.63) is 58.7 Å². The first kappa shape index (κ1) is 13.9. The normalized spacial score (nSPS) is 11.0. The Morgan fingerprint density at radius 3 is 2.76 bits per heavy atom. The highest BCUT2D eigenvalue weighted by Crippen LogP contribution is 2.23. The molecule has 0 aliphatic rings. The van der Waals surface area contributed by atoms with Gasteiger partial charge in [0.2, 0.25) is 0 Å². The van der Waals surface area contributed by atoms with E-state index in [1.165, 1.54) is 12.1 Å². The molecule has 21 heavy (non-hydrogen) atoms. The molecule has 4 nitrogen and oxygen atoms in total. The molecule has 1 aromatic carbocycles. The van der Waals surface area contributed by atoms with Crippen molar-refractivity contribution < 1.29 is 8.91 Å². The molecule has 0 bridgehead atoms. The Bertz CT molecular complexity index is 721. The van der Waals surface area contributed by atoms with Gasteiger partial charge in [0.1, 0.15) is 10.8 Å². The maximum absolute atomic E-state index is 12.9. The minimum Gasteiger partial charge on any atom is -0.360 e. The van der Waals surface area contributed by atoms with Gasteiger partial charge < -0.3 is 9.84 Å². The quantitative estimate of drug-likeness (QED) is 0.783. The van der Waals surface area contributed by atoms with E-state index in [9.17, 15) is 4.39 Å². The second-order valence-electron chi connectivity index (χ2n) is 4.69. The van der Waals surface area contributed by atoms with Crippen LogP contribution in [0.2, 0.25) is 0 Å². The van der Waals surface area contributed by atoms with E-state index < -0.39 is 0 Å². The molecule has 0 fully saturated rings. The van der Waals surface area contributed by atoms with E-state index >= 15 is 0 Å². The highest BCUT2D eigenvalue weighted by Gasteiger charge is 2.06. The van der Waals surface area contributed by atoms with Gasteiger partial charge >= 0.3 is 0 Å². The van der Waals surface area contributed by atoms with Crippen LogP contribution in [-0.4, -0.2) is 10.1 Å². The Balaban J connectivity index is 1.59. The number of rotatable bonds is 5. The third kappa shape index (κ3) is 3.53. The number of hydrogen-bond donors (Lipinski definition) is 1. The van der Waals surface area contributed by atoms with Crippen molar-refractivity contribution in [3.8, 4) is 10.6 Å². The lowest BCUT2D eigenvalue weighted by molar-refractivity contribution is 0.369. The largest absolute Gasteiger partial charge is 0.360 e. The molecular weight excluding hydrogens is 289 g/mol. The fraction of sp³-hybridized carbons (Fsp3) is 0.200. The molecule has 0 atom stereocenters. The molecule has 0 unspecified atom stereocenters. The zero-order chi connectivity index (χ0) is 14.7. The number of aryl methyl sites for hydroxylation is 1. The van der Waals surface area contributed by atoms with Crippen molar-refractivity contribution in [2.45, 2.75) is 20.0 Å². The number of nitrogens with zero attached hydrogens (tertiary/aromatic N) is 2. The first-order valence-corrected chi connectivity index (χ1v) is 7.42. The Morgan fingerprint density at radius 1 is 1.24 bits per heavy atom. The van der Waals surface area contributed by atoms with Gasteiger partial charge in [0.05, 0.1) is 17.9 Å². The van der Waals surface area contributed by atoms with Crippen molar-refractivity contribution >= 4 is 11.3 Å². The molecule has 3 aromatic rings. The maximum Gasteiger partial charge on any atom is 0.150 e.